The van der Waals surface area contributed by atoms with Crippen molar-refractivity contribution in [3.8, 4) is 5.75 Å². The van der Waals surface area contributed by atoms with Crippen LogP contribution in [0.2, 0.25) is 0 Å². The fourth-order valence-corrected chi connectivity index (χ4v) is 3.98. The summed E-state index contributed by atoms with van der Waals surface area (Å²) in [7, 11) is 1.72. The van der Waals surface area contributed by atoms with Crippen molar-refractivity contribution >= 4 is 31.9 Å². The summed E-state index contributed by atoms with van der Waals surface area (Å²) in [5, 5.41) is 2.05. The van der Waals surface area contributed by atoms with E-state index in [2.05, 4.69) is 57.0 Å². The highest BCUT2D eigenvalue weighted by Crippen LogP contribution is 2.33. The molecular weight excluding hydrogens is 344 g/mol. The predicted molar refractivity (Wildman–Crippen MR) is 81.6 cm³/mol. The Labute approximate surface area is 121 Å². The first-order valence-electron chi connectivity index (χ1n) is 5.94. The van der Waals surface area contributed by atoms with Crippen LogP contribution in [0.4, 0.5) is 0 Å². The van der Waals surface area contributed by atoms with Gasteiger partial charge in [0, 0.05) is 10.7 Å². The fraction of sp³-hybridized carbons (Fsp3) is 0.571. The van der Waals surface area contributed by atoms with Gasteiger partial charge in [0.2, 0.25) is 0 Å². The molecule has 1 nitrogen and oxygen atoms in total. The average molecular weight is 364 g/mol. The second-order valence-corrected chi connectivity index (χ2v) is 5.67. The van der Waals surface area contributed by atoms with Crippen molar-refractivity contribution in [1.29, 1.82) is 0 Å². The molecule has 0 radical (unpaired) electrons. The topological polar surface area (TPSA) is 9.23 Å². The molecule has 0 aliphatic heterocycles. The highest BCUT2D eigenvalue weighted by atomic mass is 79.9. The van der Waals surface area contributed by atoms with Crippen LogP contribution in [0.15, 0.2) is 24.3 Å². The molecule has 0 heterocycles. The van der Waals surface area contributed by atoms with Crippen molar-refractivity contribution in [2.75, 3.05) is 17.8 Å². The monoisotopic (exact) mass is 362 g/mol. The summed E-state index contributed by atoms with van der Waals surface area (Å²) in [6.45, 7) is 2.24. The average Bonchev–Trinajstić information content (AvgIpc) is 2.38. The van der Waals surface area contributed by atoms with Crippen LogP contribution in [0.1, 0.15) is 25.3 Å². The van der Waals surface area contributed by atoms with E-state index in [4.69, 9.17) is 4.74 Å². The third-order valence-corrected chi connectivity index (χ3v) is 5.44. The van der Waals surface area contributed by atoms with Gasteiger partial charge in [-0.15, -0.1) is 0 Å². The van der Waals surface area contributed by atoms with Gasteiger partial charge < -0.3 is 4.74 Å². The lowest BCUT2D eigenvalue weighted by Crippen LogP contribution is -2.27. The molecule has 0 bridgehead atoms. The van der Waals surface area contributed by atoms with E-state index in [-0.39, 0.29) is 0 Å². The van der Waals surface area contributed by atoms with Crippen molar-refractivity contribution in [3.05, 3.63) is 29.8 Å². The number of halogens is 2. The Kier molecular flexibility index (Phi) is 6.57. The molecule has 0 saturated heterocycles. The maximum atomic E-state index is 5.27. The molecule has 0 atom stereocenters. The fourth-order valence-electron chi connectivity index (χ4n) is 2.10. The Morgan fingerprint density at radius 3 is 2.47 bits per heavy atom. The molecular formula is C14H20Br2O. The quantitative estimate of drug-likeness (QED) is 0.631. The van der Waals surface area contributed by atoms with Gasteiger partial charge in [-0.25, -0.2) is 0 Å². The molecule has 0 aromatic heterocycles. The van der Waals surface area contributed by atoms with Crippen molar-refractivity contribution < 1.29 is 4.74 Å². The first kappa shape index (κ1) is 15.0. The summed E-state index contributed by atoms with van der Waals surface area (Å²) in [4.78, 5) is 0. The van der Waals surface area contributed by atoms with Crippen LogP contribution >= 0.6 is 31.9 Å². The lowest BCUT2D eigenvalue weighted by Gasteiger charge is -2.30. The largest absolute Gasteiger partial charge is 0.497 e. The zero-order valence-electron chi connectivity index (χ0n) is 10.5. The van der Waals surface area contributed by atoms with Gasteiger partial charge in [0.25, 0.3) is 0 Å². The van der Waals surface area contributed by atoms with E-state index in [1.54, 1.807) is 7.11 Å². The third-order valence-electron chi connectivity index (χ3n) is 3.06. The molecule has 1 aromatic rings. The van der Waals surface area contributed by atoms with Gasteiger partial charge >= 0.3 is 0 Å². The van der Waals surface area contributed by atoms with Crippen LogP contribution in [0.3, 0.4) is 0 Å². The first-order chi connectivity index (χ1) is 8.19. The summed E-state index contributed by atoms with van der Waals surface area (Å²) in [6, 6.07) is 8.37. The highest BCUT2D eigenvalue weighted by molar-refractivity contribution is 9.09. The minimum Gasteiger partial charge on any atom is -0.497 e. The smallest absolute Gasteiger partial charge is 0.119 e. The number of hydrogen-bond donors (Lipinski definition) is 0. The molecule has 0 amide bonds. The number of benzene rings is 1. The lowest BCUT2D eigenvalue weighted by atomic mass is 9.81. The molecule has 3 heteroatoms. The Balaban J connectivity index is 2.84. The third kappa shape index (κ3) is 4.29. The predicted octanol–water partition coefficient (Wildman–Crippen LogP) is 4.81. The molecule has 0 fully saturated rings. The molecule has 0 saturated carbocycles. The van der Waals surface area contributed by atoms with Gasteiger partial charge in [0.05, 0.1) is 7.11 Å². The van der Waals surface area contributed by atoms with Crippen LogP contribution < -0.4 is 4.74 Å². The summed E-state index contributed by atoms with van der Waals surface area (Å²) in [5.74, 6) is 0.942. The van der Waals surface area contributed by atoms with Gasteiger partial charge in [-0.1, -0.05) is 57.3 Å². The van der Waals surface area contributed by atoms with Gasteiger partial charge in [-0.05, 0) is 36.0 Å². The zero-order valence-corrected chi connectivity index (χ0v) is 13.7. The van der Waals surface area contributed by atoms with Gasteiger partial charge in [-0.3, -0.25) is 0 Å². The number of ether oxygens (including phenoxy) is 1. The normalized spacial score (nSPS) is 11.5. The first-order valence-corrected chi connectivity index (χ1v) is 8.19. The van der Waals surface area contributed by atoms with Crippen molar-refractivity contribution in [1.82, 2.24) is 0 Å². The van der Waals surface area contributed by atoms with Crippen LogP contribution in [0.5, 0.6) is 5.75 Å². The maximum absolute atomic E-state index is 5.27. The second-order valence-electron chi connectivity index (χ2n) is 4.55. The molecule has 96 valence electrons. The zero-order chi connectivity index (χ0) is 12.7. The molecule has 0 aliphatic rings. The minimum atomic E-state index is 0.307. The Bertz CT molecular complexity index is 335. The highest BCUT2D eigenvalue weighted by Gasteiger charge is 2.27. The Hall–Kier alpha value is -0.0200. The molecule has 0 aliphatic carbocycles. The van der Waals surface area contributed by atoms with Crippen LogP contribution in [0, 0.1) is 5.41 Å². The second kappa shape index (κ2) is 7.42. The van der Waals surface area contributed by atoms with E-state index in [0.717, 1.165) is 22.8 Å². The number of alkyl halides is 2. The molecule has 1 aromatic carbocycles. The van der Waals surface area contributed by atoms with E-state index in [1.807, 2.05) is 6.07 Å². The van der Waals surface area contributed by atoms with Crippen molar-refractivity contribution in [2.45, 2.75) is 26.2 Å². The summed E-state index contributed by atoms with van der Waals surface area (Å²) in [6.07, 6.45) is 3.51. The molecule has 17 heavy (non-hydrogen) atoms. The van der Waals surface area contributed by atoms with Gasteiger partial charge in [0.15, 0.2) is 0 Å². The molecule has 0 spiro atoms. The van der Waals surface area contributed by atoms with Gasteiger partial charge in [0.1, 0.15) is 5.75 Å². The van der Waals surface area contributed by atoms with E-state index in [9.17, 15) is 0 Å². The summed E-state index contributed by atoms with van der Waals surface area (Å²) >= 11 is 7.33. The van der Waals surface area contributed by atoms with Crippen molar-refractivity contribution in [3.63, 3.8) is 0 Å². The Morgan fingerprint density at radius 2 is 1.94 bits per heavy atom. The van der Waals surface area contributed by atoms with Crippen molar-refractivity contribution in [2.24, 2.45) is 5.41 Å². The van der Waals surface area contributed by atoms with Crippen LogP contribution in [-0.4, -0.2) is 17.8 Å². The maximum Gasteiger partial charge on any atom is 0.119 e. The van der Waals surface area contributed by atoms with E-state index in [0.29, 0.717) is 5.41 Å². The standard InChI is InChI=1S/C14H20Br2O/c1-3-7-14(10-15,11-16)9-12-5-4-6-13(8-12)17-2/h4-6,8H,3,7,9-11H2,1-2H3. The van der Waals surface area contributed by atoms with Crippen LogP contribution in [0.25, 0.3) is 0 Å². The SMILES string of the molecule is CCCC(CBr)(CBr)Cc1cccc(OC)c1. The van der Waals surface area contributed by atoms with Crippen LogP contribution in [-0.2, 0) is 6.42 Å². The summed E-state index contributed by atoms with van der Waals surface area (Å²) < 4.78 is 5.27. The van der Waals surface area contributed by atoms with Gasteiger partial charge in [-0.2, -0.15) is 0 Å². The number of methoxy groups -OCH3 is 1. The summed E-state index contributed by atoms with van der Waals surface area (Å²) in [5.41, 5.74) is 1.65. The molecule has 1 rings (SSSR count). The minimum absolute atomic E-state index is 0.307. The van der Waals surface area contributed by atoms with E-state index in [1.165, 1.54) is 18.4 Å². The Morgan fingerprint density at radius 1 is 1.24 bits per heavy atom. The molecule has 0 N–H and O–H groups in total. The van der Waals surface area contributed by atoms with E-state index >= 15 is 0 Å². The molecule has 0 unspecified atom stereocenters. The lowest BCUT2D eigenvalue weighted by molar-refractivity contribution is 0.350. The number of hydrogen-bond acceptors (Lipinski definition) is 1. The number of rotatable bonds is 7. The van der Waals surface area contributed by atoms with E-state index < -0.39 is 0 Å².